The van der Waals surface area contributed by atoms with Gasteiger partial charge in [-0.2, -0.15) is 9.29 Å². The first kappa shape index (κ1) is 39.9. The molecule has 4 aromatic rings. The Morgan fingerprint density at radius 2 is 1.77 bits per heavy atom. The van der Waals surface area contributed by atoms with Gasteiger partial charge in [0.25, 0.3) is 6.43 Å². The maximum absolute atomic E-state index is 14.7. The maximum Gasteiger partial charge on any atom is 0.310 e. The quantitative estimate of drug-likeness (QED) is 0.200. The van der Waals surface area contributed by atoms with Gasteiger partial charge >= 0.3 is 5.97 Å². The van der Waals surface area contributed by atoms with Crippen molar-refractivity contribution in [2.45, 2.75) is 96.1 Å². The smallest absolute Gasteiger partial charge is 0.310 e. The Morgan fingerprint density at radius 1 is 1.04 bits per heavy atom. The summed E-state index contributed by atoms with van der Waals surface area (Å²) in [5.41, 5.74) is 0.822. The number of nitrogens with zero attached hydrogens (tertiary/aromatic N) is 7. The number of carboxylic acid groups (broad SMARTS) is 1. The Hall–Kier alpha value is -4.32. The minimum Gasteiger partial charge on any atom is -0.481 e. The summed E-state index contributed by atoms with van der Waals surface area (Å²) < 4.78 is 77.8. The van der Waals surface area contributed by atoms with Gasteiger partial charge in [0.1, 0.15) is 17.1 Å². The van der Waals surface area contributed by atoms with E-state index in [9.17, 15) is 27.1 Å². The Morgan fingerprint density at radius 3 is 2.46 bits per heavy atom. The molecule has 7 heterocycles. The van der Waals surface area contributed by atoms with Gasteiger partial charge in [-0.15, -0.1) is 10.2 Å². The maximum atomic E-state index is 14.7. The third kappa shape index (κ3) is 7.57. The van der Waals surface area contributed by atoms with Crippen LogP contribution in [0, 0.1) is 26.2 Å². The van der Waals surface area contributed by atoms with Gasteiger partial charge in [-0.1, -0.05) is 12.5 Å². The summed E-state index contributed by atoms with van der Waals surface area (Å²) in [5, 5.41) is 18.2. The zero-order valence-corrected chi connectivity index (χ0v) is 33.2. The Bertz CT molecular complexity index is 2220. The fourth-order valence-electron chi connectivity index (χ4n) is 8.03. The number of halogens is 2. The van der Waals surface area contributed by atoms with Crippen LogP contribution in [-0.2, 0) is 26.1 Å². The van der Waals surface area contributed by atoms with Crippen molar-refractivity contribution < 1.29 is 41.3 Å². The molecule has 0 amide bonds. The van der Waals surface area contributed by atoms with Crippen LogP contribution >= 0.6 is 0 Å². The number of aromatic nitrogens is 5. The number of likely N-dealkylation sites (tertiary alicyclic amines) is 1. The van der Waals surface area contributed by atoms with Gasteiger partial charge in [0.15, 0.2) is 5.65 Å². The molecule has 0 bridgehead atoms. The fourth-order valence-corrected chi connectivity index (χ4v) is 9.64. The van der Waals surface area contributed by atoms with Crippen LogP contribution in [0.2, 0.25) is 0 Å². The standard InChI is InChI=1S/C39H49F2N7O7S/c1-24-9-10-28(31(38(4,5)37(49)50)27-11-16-48-33(26(27)3)44-45-34(48)32(40)41)42-29(24)22-47-23-39(12-18-53-19-13-39)55-36-30(56(47,51)52)21-25(2)35(43-36)54-20-17-46-14-7-6-8-15-46/h9-11,16,21,31-32H,6-8,12-15,17-20,22-23H2,1-5H3,(H,49,50)/t31-/m1/s1. The molecule has 0 unspecified atom stereocenters. The molecule has 2 saturated heterocycles. The van der Waals surface area contributed by atoms with E-state index in [0.29, 0.717) is 72.2 Å². The summed E-state index contributed by atoms with van der Waals surface area (Å²) in [5.74, 6) is -2.20. The summed E-state index contributed by atoms with van der Waals surface area (Å²) in [6.07, 6.45) is 2.97. The zero-order chi connectivity index (χ0) is 40.0. The van der Waals surface area contributed by atoms with E-state index in [-0.39, 0.29) is 29.5 Å². The van der Waals surface area contributed by atoms with Gasteiger partial charge in [-0.3, -0.25) is 19.1 Å². The molecular formula is C39H49F2N7O7S. The Balaban J connectivity index is 1.26. The lowest BCUT2D eigenvalue weighted by molar-refractivity contribution is -0.147. The highest BCUT2D eigenvalue weighted by Crippen LogP contribution is 2.44. The van der Waals surface area contributed by atoms with Crippen molar-refractivity contribution in [3.8, 4) is 11.8 Å². The molecule has 3 aliphatic rings. The van der Waals surface area contributed by atoms with E-state index in [1.54, 1.807) is 52.0 Å². The van der Waals surface area contributed by atoms with Gasteiger partial charge in [0.2, 0.25) is 27.6 Å². The number of aliphatic carboxylic acids is 1. The second kappa shape index (κ2) is 15.6. The molecule has 0 aromatic carbocycles. The van der Waals surface area contributed by atoms with Crippen molar-refractivity contribution >= 4 is 21.6 Å². The molecule has 2 fully saturated rings. The lowest BCUT2D eigenvalue weighted by Crippen LogP contribution is -2.50. The summed E-state index contributed by atoms with van der Waals surface area (Å²) in [6, 6.07) is 6.67. The second-order valence-electron chi connectivity index (χ2n) is 15.7. The van der Waals surface area contributed by atoms with Crippen LogP contribution in [0.4, 0.5) is 8.78 Å². The fraction of sp³-hybridized carbons (Fsp3) is 0.564. The molecule has 7 rings (SSSR count). The molecule has 1 N–H and O–H groups in total. The van der Waals surface area contributed by atoms with Crippen molar-refractivity contribution in [3.05, 3.63) is 69.9 Å². The van der Waals surface area contributed by atoms with E-state index in [2.05, 4.69) is 20.1 Å². The molecule has 0 radical (unpaired) electrons. The number of aryl methyl sites for hydroxylation is 3. The predicted octanol–water partition coefficient (Wildman–Crippen LogP) is 5.62. The van der Waals surface area contributed by atoms with E-state index in [0.717, 1.165) is 32.5 Å². The zero-order valence-electron chi connectivity index (χ0n) is 32.4. The first-order valence-electron chi connectivity index (χ1n) is 19.1. The number of carbonyl (C=O) groups is 1. The summed E-state index contributed by atoms with van der Waals surface area (Å²) >= 11 is 0. The van der Waals surface area contributed by atoms with Crippen LogP contribution in [0.5, 0.6) is 11.8 Å². The number of rotatable bonds is 11. The van der Waals surface area contributed by atoms with Crippen molar-refractivity contribution in [1.29, 1.82) is 0 Å². The molecule has 4 aromatic heterocycles. The SMILES string of the molecule is Cc1ccc([C@@H](c2ccn3c(C(F)F)nnc3c2C)C(C)(C)C(=O)O)nc1CN1CC2(CCOCC2)Oc2nc(OCCN3CCCCC3)c(C)cc2S1(=O)=O. The first-order chi connectivity index (χ1) is 26.6. The monoisotopic (exact) mass is 797 g/mol. The van der Waals surface area contributed by atoms with E-state index in [1.165, 1.54) is 21.3 Å². The normalized spacial score (nSPS) is 19.4. The van der Waals surface area contributed by atoms with Crippen molar-refractivity contribution in [2.75, 3.05) is 46.0 Å². The first-order valence-corrected chi connectivity index (χ1v) is 20.5. The molecule has 302 valence electrons. The van der Waals surface area contributed by atoms with E-state index < -0.39 is 45.2 Å². The Labute approximate surface area is 325 Å². The number of piperidine rings is 1. The number of sulfonamides is 1. The van der Waals surface area contributed by atoms with Crippen LogP contribution in [0.25, 0.3) is 5.65 Å². The highest BCUT2D eigenvalue weighted by molar-refractivity contribution is 7.89. The van der Waals surface area contributed by atoms with Crippen LogP contribution in [-0.4, -0.2) is 105 Å². The second-order valence-corrected chi connectivity index (χ2v) is 17.6. The van der Waals surface area contributed by atoms with Crippen LogP contribution in [0.1, 0.15) is 97.8 Å². The van der Waals surface area contributed by atoms with Gasteiger partial charge in [-0.25, -0.2) is 17.2 Å². The van der Waals surface area contributed by atoms with E-state index in [4.69, 9.17) is 19.2 Å². The van der Waals surface area contributed by atoms with Crippen molar-refractivity contribution in [3.63, 3.8) is 0 Å². The third-order valence-corrected chi connectivity index (χ3v) is 13.3. The highest BCUT2D eigenvalue weighted by atomic mass is 32.2. The Kier molecular flexibility index (Phi) is 11.1. The average molecular weight is 798 g/mol. The number of ether oxygens (including phenoxy) is 3. The predicted molar refractivity (Wildman–Crippen MR) is 201 cm³/mol. The molecule has 14 nitrogen and oxygen atoms in total. The molecule has 0 aliphatic carbocycles. The van der Waals surface area contributed by atoms with Crippen LogP contribution in [0.3, 0.4) is 0 Å². The van der Waals surface area contributed by atoms with Crippen molar-refractivity contribution in [1.82, 2.24) is 33.8 Å². The molecule has 0 saturated carbocycles. The molecule has 56 heavy (non-hydrogen) atoms. The largest absolute Gasteiger partial charge is 0.481 e. The molecule has 17 heteroatoms. The summed E-state index contributed by atoms with van der Waals surface area (Å²) in [6.45, 7) is 12.3. The van der Waals surface area contributed by atoms with E-state index >= 15 is 0 Å². The molecule has 1 atom stereocenters. The van der Waals surface area contributed by atoms with Gasteiger partial charge in [0.05, 0.1) is 37.4 Å². The minimum atomic E-state index is -4.22. The summed E-state index contributed by atoms with van der Waals surface area (Å²) in [4.78, 5) is 24.8. The molecular weight excluding hydrogens is 749 g/mol. The molecule has 3 aliphatic heterocycles. The molecule has 1 spiro atoms. The van der Waals surface area contributed by atoms with Crippen molar-refractivity contribution in [2.24, 2.45) is 5.41 Å². The number of carboxylic acids is 1. The van der Waals surface area contributed by atoms with Crippen LogP contribution < -0.4 is 9.47 Å². The lowest BCUT2D eigenvalue weighted by atomic mass is 9.72. The number of hydrogen-bond donors (Lipinski definition) is 1. The number of pyridine rings is 3. The lowest BCUT2D eigenvalue weighted by Gasteiger charge is -2.38. The number of fused-ring (bicyclic) bond motifs is 2. The highest BCUT2D eigenvalue weighted by Gasteiger charge is 2.47. The van der Waals surface area contributed by atoms with Gasteiger partial charge in [-0.05, 0) is 95.4 Å². The summed E-state index contributed by atoms with van der Waals surface area (Å²) in [7, 11) is -4.22. The van der Waals surface area contributed by atoms with Crippen LogP contribution in [0.15, 0.2) is 35.4 Å². The third-order valence-electron chi connectivity index (χ3n) is 11.5. The average Bonchev–Trinajstić information content (AvgIpc) is 3.58. The van der Waals surface area contributed by atoms with E-state index in [1.807, 2.05) is 6.92 Å². The number of hydrogen-bond acceptors (Lipinski definition) is 11. The minimum absolute atomic E-state index is 0.00374. The van der Waals surface area contributed by atoms with Gasteiger partial charge < -0.3 is 19.3 Å². The topological polar surface area (TPSA) is 162 Å². The number of alkyl halides is 2. The van der Waals surface area contributed by atoms with Gasteiger partial charge in [0, 0.05) is 42.8 Å².